The number of hydrogen-bond donors (Lipinski definition) is 3. The minimum atomic E-state index is -0.740. The molecule has 2 amide bonds. The Kier molecular flexibility index (Phi) is 5.93. The molecule has 0 radical (unpaired) electrons. The quantitative estimate of drug-likeness (QED) is 0.504. The molecule has 1 saturated heterocycles. The molecular formula is C22H24N8O2. The van der Waals surface area contributed by atoms with Gasteiger partial charge >= 0.3 is 0 Å². The summed E-state index contributed by atoms with van der Waals surface area (Å²) < 4.78 is 0. The van der Waals surface area contributed by atoms with Crippen LogP contribution in [0.4, 0.5) is 17.5 Å². The lowest BCUT2D eigenvalue weighted by Gasteiger charge is -2.39. The summed E-state index contributed by atoms with van der Waals surface area (Å²) in [6.45, 7) is 6.21. The first-order valence-electron chi connectivity index (χ1n) is 10.3. The third-order valence-corrected chi connectivity index (χ3v) is 5.55. The molecule has 32 heavy (non-hydrogen) atoms. The fourth-order valence-corrected chi connectivity index (χ4v) is 3.86. The number of nitrogens with two attached hydrogens (primary N) is 1. The molecule has 0 spiro atoms. The van der Waals surface area contributed by atoms with Crippen molar-refractivity contribution in [3.63, 3.8) is 0 Å². The van der Waals surface area contributed by atoms with Gasteiger partial charge in [0.05, 0.1) is 5.52 Å². The molecule has 4 N–H and O–H groups in total. The first kappa shape index (κ1) is 21.2. The number of primary amides is 1. The molecule has 10 nitrogen and oxygen atoms in total. The Balaban J connectivity index is 1.59. The molecule has 3 aromatic rings. The van der Waals surface area contributed by atoms with Gasteiger partial charge in [0, 0.05) is 35.9 Å². The van der Waals surface area contributed by atoms with E-state index in [2.05, 4.69) is 37.4 Å². The van der Waals surface area contributed by atoms with Gasteiger partial charge in [-0.25, -0.2) is 0 Å². The van der Waals surface area contributed by atoms with E-state index >= 15 is 0 Å². The van der Waals surface area contributed by atoms with Crippen molar-refractivity contribution in [3.8, 4) is 0 Å². The van der Waals surface area contributed by atoms with Crippen molar-refractivity contribution < 1.29 is 9.59 Å². The molecule has 4 rings (SSSR count). The maximum Gasteiger partial charge on any atom is 0.273 e. The Hall–Kier alpha value is -4.08. The summed E-state index contributed by atoms with van der Waals surface area (Å²) >= 11 is 0. The number of aromatic nitrogens is 4. The molecular weight excluding hydrogens is 408 g/mol. The Morgan fingerprint density at radius 2 is 2.12 bits per heavy atom. The first-order valence-corrected chi connectivity index (χ1v) is 10.3. The highest BCUT2D eigenvalue weighted by molar-refractivity contribution is 5.96. The summed E-state index contributed by atoms with van der Waals surface area (Å²) in [5, 5.41) is 15.3. The van der Waals surface area contributed by atoms with Crippen molar-refractivity contribution in [3.05, 3.63) is 54.9 Å². The Morgan fingerprint density at radius 1 is 1.28 bits per heavy atom. The van der Waals surface area contributed by atoms with Gasteiger partial charge in [-0.3, -0.25) is 14.6 Å². The van der Waals surface area contributed by atoms with E-state index in [1.807, 2.05) is 37.3 Å². The van der Waals surface area contributed by atoms with Crippen molar-refractivity contribution >= 4 is 40.2 Å². The highest BCUT2D eigenvalue weighted by atomic mass is 16.2. The van der Waals surface area contributed by atoms with Crippen LogP contribution >= 0.6 is 0 Å². The molecule has 0 bridgehead atoms. The third kappa shape index (κ3) is 4.34. The fraction of sp³-hybridized carbons (Fsp3) is 0.273. The largest absolute Gasteiger partial charge is 0.364 e. The summed E-state index contributed by atoms with van der Waals surface area (Å²) in [6, 6.07) is 9.22. The molecule has 164 valence electrons. The normalized spacial score (nSPS) is 18.2. The number of likely N-dealkylation sites (tertiary alicyclic amines) is 1. The Bertz CT molecular complexity index is 1180. The van der Waals surface area contributed by atoms with E-state index in [9.17, 15) is 9.59 Å². The van der Waals surface area contributed by atoms with Crippen LogP contribution in [0.5, 0.6) is 0 Å². The van der Waals surface area contributed by atoms with Crippen molar-refractivity contribution in [1.82, 2.24) is 25.1 Å². The van der Waals surface area contributed by atoms with Gasteiger partial charge in [0.1, 0.15) is 0 Å². The van der Waals surface area contributed by atoms with Crippen molar-refractivity contribution in [2.45, 2.75) is 31.8 Å². The molecule has 1 aromatic carbocycles. The molecule has 0 unspecified atom stereocenters. The molecule has 10 heteroatoms. The monoisotopic (exact) mass is 432 g/mol. The molecule has 1 aliphatic heterocycles. The van der Waals surface area contributed by atoms with Gasteiger partial charge in [-0.05, 0) is 50.1 Å². The number of carbonyl (C=O) groups excluding carboxylic acids is 2. The van der Waals surface area contributed by atoms with Crippen LogP contribution in [0.2, 0.25) is 0 Å². The molecule has 2 atom stereocenters. The second-order valence-corrected chi connectivity index (χ2v) is 7.60. The topological polar surface area (TPSA) is 139 Å². The van der Waals surface area contributed by atoms with Crippen LogP contribution in [0.1, 0.15) is 30.3 Å². The van der Waals surface area contributed by atoms with E-state index in [0.29, 0.717) is 12.2 Å². The van der Waals surface area contributed by atoms with Crippen LogP contribution in [0.3, 0.4) is 0 Å². The second-order valence-electron chi connectivity index (χ2n) is 7.60. The molecule has 1 fully saturated rings. The lowest BCUT2D eigenvalue weighted by atomic mass is 9.97. The minimum Gasteiger partial charge on any atom is -0.364 e. The highest BCUT2D eigenvalue weighted by Gasteiger charge is 2.30. The summed E-state index contributed by atoms with van der Waals surface area (Å²) in [5.41, 5.74) is 6.96. The number of nitrogens with one attached hydrogen (secondary N) is 2. The summed E-state index contributed by atoms with van der Waals surface area (Å²) in [5.74, 6) is -0.416. The zero-order chi connectivity index (χ0) is 22.7. The van der Waals surface area contributed by atoms with Gasteiger partial charge in [-0.15, -0.1) is 10.2 Å². The number of rotatable bonds is 6. The average Bonchev–Trinajstić information content (AvgIpc) is 2.80. The van der Waals surface area contributed by atoms with E-state index in [4.69, 9.17) is 5.73 Å². The average molecular weight is 432 g/mol. The summed E-state index contributed by atoms with van der Waals surface area (Å²) in [4.78, 5) is 34.5. The van der Waals surface area contributed by atoms with Crippen molar-refractivity contribution in [2.24, 2.45) is 5.73 Å². The Labute approximate surface area is 184 Å². The number of piperidine rings is 1. The van der Waals surface area contributed by atoms with Gasteiger partial charge in [-0.2, -0.15) is 4.98 Å². The third-order valence-electron chi connectivity index (χ3n) is 5.55. The standard InChI is InChI=1S/C22H24N8O2/c1-3-18(31)30-11-5-7-16(13(30)2)26-22-27-21(19(20(23)32)28-29-22)25-15-8-9-17-14(12-15)6-4-10-24-17/h3-4,6,8-10,12-13,16H,1,5,7,11H2,2H3,(H2,23,32)(H2,25,26,27,29)/t13-,16-/m1/s1. The zero-order valence-electron chi connectivity index (χ0n) is 17.7. The van der Waals surface area contributed by atoms with Gasteiger partial charge in [0.2, 0.25) is 11.9 Å². The van der Waals surface area contributed by atoms with Crippen LogP contribution in [-0.2, 0) is 4.79 Å². The molecule has 3 heterocycles. The van der Waals surface area contributed by atoms with Gasteiger partial charge in [0.25, 0.3) is 5.91 Å². The van der Waals surface area contributed by atoms with Crippen LogP contribution in [0.15, 0.2) is 49.2 Å². The molecule has 1 aliphatic rings. The predicted molar refractivity (Wildman–Crippen MR) is 121 cm³/mol. The maximum absolute atomic E-state index is 12.1. The number of fused-ring (bicyclic) bond motifs is 1. The van der Waals surface area contributed by atoms with E-state index < -0.39 is 5.91 Å². The van der Waals surface area contributed by atoms with E-state index in [1.165, 1.54) is 6.08 Å². The number of hydrogen-bond acceptors (Lipinski definition) is 8. The van der Waals surface area contributed by atoms with E-state index in [1.54, 1.807) is 11.1 Å². The second kappa shape index (κ2) is 8.96. The van der Waals surface area contributed by atoms with Crippen molar-refractivity contribution in [2.75, 3.05) is 17.2 Å². The van der Waals surface area contributed by atoms with Gasteiger partial charge in [-0.1, -0.05) is 12.6 Å². The molecule has 0 aliphatic carbocycles. The molecule has 0 saturated carbocycles. The number of nitrogens with zero attached hydrogens (tertiary/aromatic N) is 5. The van der Waals surface area contributed by atoms with Crippen molar-refractivity contribution in [1.29, 1.82) is 0 Å². The summed E-state index contributed by atoms with van der Waals surface area (Å²) in [6.07, 6.45) is 4.72. The van der Waals surface area contributed by atoms with Crippen LogP contribution in [0, 0.1) is 0 Å². The van der Waals surface area contributed by atoms with Gasteiger partial charge < -0.3 is 21.3 Å². The SMILES string of the molecule is C=CC(=O)N1CCC[C@@H](Nc2nnc(C(N)=O)c(Nc3ccc4ncccc4c3)n2)[C@H]1C. The van der Waals surface area contributed by atoms with Gasteiger partial charge in [0.15, 0.2) is 11.5 Å². The van der Waals surface area contributed by atoms with Crippen LogP contribution < -0.4 is 16.4 Å². The van der Waals surface area contributed by atoms with E-state index in [-0.39, 0.29) is 35.5 Å². The lowest BCUT2D eigenvalue weighted by Crippen LogP contribution is -2.51. The lowest BCUT2D eigenvalue weighted by molar-refractivity contribution is -0.129. The summed E-state index contributed by atoms with van der Waals surface area (Å²) in [7, 11) is 0. The smallest absolute Gasteiger partial charge is 0.273 e. The highest BCUT2D eigenvalue weighted by Crippen LogP contribution is 2.24. The Morgan fingerprint density at radius 3 is 2.91 bits per heavy atom. The van der Waals surface area contributed by atoms with E-state index in [0.717, 1.165) is 23.7 Å². The number of amides is 2. The fourth-order valence-electron chi connectivity index (χ4n) is 3.86. The number of carbonyl (C=O) groups is 2. The first-order chi connectivity index (χ1) is 15.5. The zero-order valence-corrected chi connectivity index (χ0v) is 17.7. The number of pyridine rings is 1. The van der Waals surface area contributed by atoms with Crippen LogP contribution in [-0.4, -0.2) is 55.5 Å². The number of benzene rings is 1. The molecule has 2 aromatic heterocycles. The predicted octanol–water partition coefficient (Wildman–Crippen LogP) is 2.24. The van der Waals surface area contributed by atoms with Crippen LogP contribution in [0.25, 0.3) is 10.9 Å². The minimum absolute atomic E-state index is 0.0676. The number of anilines is 3. The maximum atomic E-state index is 12.1.